The van der Waals surface area contributed by atoms with Crippen LogP contribution in [0.5, 0.6) is 5.75 Å². The molecule has 0 saturated carbocycles. The Hall–Kier alpha value is -3.74. The van der Waals surface area contributed by atoms with Crippen LogP contribution in [0.3, 0.4) is 0 Å². The molecule has 4 rings (SSSR count). The van der Waals surface area contributed by atoms with Crippen molar-refractivity contribution in [2.75, 3.05) is 30.5 Å². The van der Waals surface area contributed by atoms with Gasteiger partial charge in [-0.1, -0.05) is 18.2 Å². The predicted octanol–water partition coefficient (Wildman–Crippen LogP) is 4.01. The largest absolute Gasteiger partial charge is 0.494 e. The minimum atomic E-state index is 0.482. The Morgan fingerprint density at radius 1 is 1.11 bits per heavy atom. The van der Waals surface area contributed by atoms with Gasteiger partial charge in [0.2, 0.25) is 5.95 Å². The summed E-state index contributed by atoms with van der Waals surface area (Å²) < 4.78 is 7.54. The highest BCUT2D eigenvalue weighted by molar-refractivity contribution is 5.95. The van der Waals surface area contributed by atoms with Crippen LogP contribution in [0.1, 0.15) is 0 Å². The molecule has 0 aliphatic carbocycles. The van der Waals surface area contributed by atoms with E-state index < -0.39 is 0 Å². The number of rotatable bonds is 5. The van der Waals surface area contributed by atoms with Gasteiger partial charge in [-0.15, -0.1) is 0 Å². The fourth-order valence-corrected chi connectivity index (χ4v) is 3.31. The van der Waals surface area contributed by atoms with Crippen molar-refractivity contribution in [3.05, 3.63) is 54.9 Å². The van der Waals surface area contributed by atoms with Gasteiger partial charge in [0.15, 0.2) is 0 Å². The molecule has 0 atom stereocenters. The SMILES string of the molecule is CNc1cc(Nc2nccc(-c3cn(C)c4ccccc34)n2)c(OC)cc1N. The number of fused-ring (bicyclic) bond motifs is 1. The zero-order valence-corrected chi connectivity index (χ0v) is 16.0. The molecular formula is C21H22N6O. The molecule has 0 saturated heterocycles. The van der Waals surface area contributed by atoms with Crippen LogP contribution in [0.4, 0.5) is 23.0 Å². The number of nitrogens with two attached hydrogens (primary N) is 1. The van der Waals surface area contributed by atoms with Crippen LogP contribution in [0.15, 0.2) is 54.9 Å². The lowest BCUT2D eigenvalue weighted by Gasteiger charge is -2.14. The summed E-state index contributed by atoms with van der Waals surface area (Å²) in [5.41, 5.74) is 11.2. The van der Waals surface area contributed by atoms with E-state index in [0.717, 1.165) is 33.5 Å². The van der Waals surface area contributed by atoms with Gasteiger partial charge < -0.3 is 25.7 Å². The Morgan fingerprint density at radius 3 is 2.71 bits per heavy atom. The van der Waals surface area contributed by atoms with E-state index >= 15 is 0 Å². The maximum absolute atomic E-state index is 6.02. The van der Waals surface area contributed by atoms with Gasteiger partial charge >= 0.3 is 0 Å². The molecule has 4 N–H and O–H groups in total. The number of nitrogen functional groups attached to an aromatic ring is 1. The molecule has 2 aromatic heterocycles. The minimum absolute atomic E-state index is 0.482. The van der Waals surface area contributed by atoms with Gasteiger partial charge in [0.05, 0.1) is 29.9 Å². The molecule has 0 spiro atoms. The fourth-order valence-electron chi connectivity index (χ4n) is 3.31. The maximum atomic E-state index is 6.02. The average Bonchev–Trinajstić information content (AvgIpc) is 3.06. The van der Waals surface area contributed by atoms with Crippen molar-refractivity contribution in [2.24, 2.45) is 7.05 Å². The van der Waals surface area contributed by atoms with Crippen molar-refractivity contribution in [3.63, 3.8) is 0 Å². The van der Waals surface area contributed by atoms with Gasteiger partial charge in [0, 0.05) is 49.0 Å². The summed E-state index contributed by atoms with van der Waals surface area (Å²) in [6.07, 6.45) is 3.83. The molecule has 28 heavy (non-hydrogen) atoms. The number of anilines is 4. The van der Waals surface area contributed by atoms with E-state index in [2.05, 4.69) is 38.5 Å². The topological polar surface area (TPSA) is 90.0 Å². The molecule has 142 valence electrons. The molecular weight excluding hydrogens is 352 g/mol. The van der Waals surface area contributed by atoms with Crippen molar-refractivity contribution in [2.45, 2.75) is 0 Å². The van der Waals surface area contributed by atoms with Gasteiger partial charge in [0.1, 0.15) is 5.75 Å². The van der Waals surface area contributed by atoms with Crippen LogP contribution in [0.2, 0.25) is 0 Å². The van der Waals surface area contributed by atoms with E-state index in [-0.39, 0.29) is 0 Å². The van der Waals surface area contributed by atoms with E-state index in [1.165, 1.54) is 0 Å². The Balaban J connectivity index is 1.74. The van der Waals surface area contributed by atoms with E-state index in [1.807, 2.05) is 38.4 Å². The zero-order chi connectivity index (χ0) is 19.7. The summed E-state index contributed by atoms with van der Waals surface area (Å²) in [5.74, 6) is 1.10. The van der Waals surface area contributed by atoms with Crippen molar-refractivity contribution < 1.29 is 4.74 Å². The third-order valence-corrected chi connectivity index (χ3v) is 4.72. The molecule has 2 heterocycles. The second kappa shape index (κ2) is 7.11. The Kier molecular flexibility index (Phi) is 4.49. The zero-order valence-electron chi connectivity index (χ0n) is 16.0. The molecule has 4 aromatic rings. The molecule has 0 fully saturated rings. The monoisotopic (exact) mass is 374 g/mol. The number of methoxy groups -OCH3 is 1. The van der Waals surface area contributed by atoms with E-state index in [0.29, 0.717) is 17.4 Å². The van der Waals surface area contributed by atoms with E-state index in [4.69, 9.17) is 15.5 Å². The lowest BCUT2D eigenvalue weighted by atomic mass is 10.1. The molecule has 7 heteroatoms. The number of hydrogen-bond acceptors (Lipinski definition) is 6. The minimum Gasteiger partial charge on any atom is -0.494 e. The van der Waals surface area contributed by atoms with Gasteiger partial charge in [-0.25, -0.2) is 9.97 Å². The molecule has 0 aliphatic heterocycles. The van der Waals surface area contributed by atoms with Crippen LogP contribution in [-0.4, -0.2) is 28.7 Å². The highest BCUT2D eigenvalue weighted by atomic mass is 16.5. The molecule has 7 nitrogen and oxygen atoms in total. The number of aromatic nitrogens is 3. The van der Waals surface area contributed by atoms with Gasteiger partial charge in [-0.05, 0) is 18.2 Å². The Bertz CT molecular complexity index is 1150. The van der Waals surface area contributed by atoms with Crippen LogP contribution in [0.25, 0.3) is 22.2 Å². The van der Waals surface area contributed by atoms with Crippen LogP contribution in [0, 0.1) is 0 Å². The molecule has 0 radical (unpaired) electrons. The first kappa shape index (κ1) is 17.7. The first-order valence-electron chi connectivity index (χ1n) is 8.90. The summed E-state index contributed by atoms with van der Waals surface area (Å²) in [5, 5.41) is 7.46. The number of ether oxygens (including phenoxy) is 1. The van der Waals surface area contributed by atoms with Gasteiger partial charge in [0.25, 0.3) is 0 Å². The standard InChI is InChI=1S/C21H22N6O/c1-23-17-11-18(20(28-3)10-15(17)22)26-21-24-9-8-16(25-21)14-12-27(2)19-7-5-4-6-13(14)19/h4-12,23H,22H2,1-3H3,(H,24,25,26). The number of nitrogens with one attached hydrogen (secondary N) is 2. The maximum Gasteiger partial charge on any atom is 0.227 e. The number of hydrogen-bond donors (Lipinski definition) is 3. The first-order valence-corrected chi connectivity index (χ1v) is 8.90. The fraction of sp³-hybridized carbons (Fsp3) is 0.143. The predicted molar refractivity (Wildman–Crippen MR) is 114 cm³/mol. The number of para-hydroxylation sites is 1. The summed E-state index contributed by atoms with van der Waals surface area (Å²) in [6.45, 7) is 0. The third kappa shape index (κ3) is 3.07. The smallest absolute Gasteiger partial charge is 0.227 e. The summed E-state index contributed by atoms with van der Waals surface area (Å²) >= 11 is 0. The van der Waals surface area contributed by atoms with Gasteiger partial charge in [-0.3, -0.25) is 0 Å². The molecule has 0 unspecified atom stereocenters. The lowest BCUT2D eigenvalue weighted by molar-refractivity contribution is 0.417. The number of aryl methyl sites for hydroxylation is 1. The van der Waals surface area contributed by atoms with Crippen molar-refractivity contribution in [1.82, 2.24) is 14.5 Å². The normalized spacial score (nSPS) is 10.8. The average molecular weight is 374 g/mol. The third-order valence-electron chi connectivity index (χ3n) is 4.72. The summed E-state index contributed by atoms with van der Waals surface area (Å²) in [6, 6.07) is 13.8. The van der Waals surface area contributed by atoms with Crippen LogP contribution >= 0.6 is 0 Å². The van der Waals surface area contributed by atoms with Crippen molar-refractivity contribution >= 4 is 33.9 Å². The Morgan fingerprint density at radius 2 is 1.93 bits per heavy atom. The molecule has 0 aliphatic rings. The molecule has 0 amide bonds. The van der Waals surface area contributed by atoms with Crippen molar-refractivity contribution in [3.8, 4) is 17.0 Å². The van der Waals surface area contributed by atoms with E-state index in [1.54, 1.807) is 19.4 Å². The summed E-state index contributed by atoms with van der Waals surface area (Å²) in [7, 11) is 5.46. The second-order valence-electron chi connectivity index (χ2n) is 6.45. The summed E-state index contributed by atoms with van der Waals surface area (Å²) in [4.78, 5) is 9.08. The quantitative estimate of drug-likeness (QED) is 0.457. The molecule has 0 bridgehead atoms. The highest BCUT2D eigenvalue weighted by Crippen LogP contribution is 2.35. The van der Waals surface area contributed by atoms with Crippen LogP contribution < -0.4 is 21.1 Å². The second-order valence-corrected chi connectivity index (χ2v) is 6.45. The molecule has 2 aromatic carbocycles. The first-order chi connectivity index (χ1) is 13.6. The Labute approximate surface area is 163 Å². The van der Waals surface area contributed by atoms with Gasteiger partial charge in [-0.2, -0.15) is 0 Å². The number of benzene rings is 2. The van der Waals surface area contributed by atoms with Crippen LogP contribution in [-0.2, 0) is 7.05 Å². The van der Waals surface area contributed by atoms with E-state index in [9.17, 15) is 0 Å². The van der Waals surface area contributed by atoms with Crippen molar-refractivity contribution in [1.29, 1.82) is 0 Å². The lowest BCUT2D eigenvalue weighted by Crippen LogP contribution is -2.03. The highest BCUT2D eigenvalue weighted by Gasteiger charge is 2.13. The number of nitrogens with zero attached hydrogens (tertiary/aromatic N) is 3.